The van der Waals surface area contributed by atoms with Gasteiger partial charge in [-0.2, -0.15) is 0 Å². The third kappa shape index (κ3) is 2.98. The number of hydrogen-bond acceptors (Lipinski definition) is 2. The van der Waals surface area contributed by atoms with Crippen molar-refractivity contribution < 1.29 is 9.53 Å². The Hall–Kier alpha value is -1.35. The number of carbonyl (C=O) groups excluding carboxylic acids is 1. The molecule has 1 aromatic rings. The maximum Gasteiger partial charge on any atom is 0.223 e. The average Bonchev–Trinajstić information content (AvgIpc) is 2.48. The molecule has 102 valence electrons. The number of nitrogens with zero attached hydrogens (tertiary/aromatic N) is 1. The average molecular weight is 259 g/mol. The molecule has 2 aliphatic rings. The smallest absolute Gasteiger partial charge is 0.223 e. The summed E-state index contributed by atoms with van der Waals surface area (Å²) in [7, 11) is 0. The van der Waals surface area contributed by atoms with E-state index in [1.165, 1.54) is 11.1 Å². The van der Waals surface area contributed by atoms with Gasteiger partial charge in [-0.05, 0) is 36.3 Å². The number of hydrogen-bond donors (Lipinski definition) is 0. The second-order valence-electron chi connectivity index (χ2n) is 5.62. The highest BCUT2D eigenvalue weighted by molar-refractivity contribution is 5.76. The molecule has 1 unspecified atom stereocenters. The Morgan fingerprint density at radius 1 is 1.32 bits per heavy atom. The first-order valence-corrected chi connectivity index (χ1v) is 7.25. The van der Waals surface area contributed by atoms with E-state index in [1.807, 2.05) is 4.90 Å². The monoisotopic (exact) mass is 259 g/mol. The van der Waals surface area contributed by atoms with Crippen molar-refractivity contribution in [2.45, 2.75) is 32.2 Å². The number of carbonyl (C=O) groups is 1. The van der Waals surface area contributed by atoms with Gasteiger partial charge in [-0.3, -0.25) is 4.79 Å². The first-order chi connectivity index (χ1) is 9.33. The zero-order valence-electron chi connectivity index (χ0n) is 11.3. The van der Waals surface area contributed by atoms with E-state index in [1.54, 1.807) is 0 Å². The summed E-state index contributed by atoms with van der Waals surface area (Å²) in [4.78, 5) is 14.4. The van der Waals surface area contributed by atoms with Gasteiger partial charge >= 0.3 is 0 Å². The minimum absolute atomic E-state index is 0.296. The standard InChI is InChI=1S/C16H21NO2/c18-16(10-13-4-3-9-19-12-13)17-8-7-14-5-1-2-6-15(14)11-17/h1-2,5-6,13H,3-4,7-12H2. The maximum atomic E-state index is 12.3. The van der Waals surface area contributed by atoms with Crippen molar-refractivity contribution in [1.29, 1.82) is 0 Å². The Balaban J connectivity index is 1.59. The summed E-state index contributed by atoms with van der Waals surface area (Å²) >= 11 is 0. The van der Waals surface area contributed by atoms with E-state index in [-0.39, 0.29) is 0 Å². The van der Waals surface area contributed by atoms with Crippen LogP contribution in [0.3, 0.4) is 0 Å². The summed E-state index contributed by atoms with van der Waals surface area (Å²) in [5.41, 5.74) is 2.70. The molecule has 2 aliphatic heterocycles. The van der Waals surface area contributed by atoms with Crippen LogP contribution in [0.4, 0.5) is 0 Å². The van der Waals surface area contributed by atoms with Crippen molar-refractivity contribution in [2.75, 3.05) is 19.8 Å². The number of rotatable bonds is 2. The largest absolute Gasteiger partial charge is 0.381 e. The lowest BCUT2D eigenvalue weighted by Crippen LogP contribution is -2.37. The second kappa shape index (κ2) is 5.74. The normalized spacial score (nSPS) is 22.9. The Labute approximate surface area is 114 Å². The third-order valence-corrected chi connectivity index (χ3v) is 4.20. The van der Waals surface area contributed by atoms with Crippen molar-refractivity contribution in [2.24, 2.45) is 5.92 Å². The Bertz CT molecular complexity index is 452. The molecule has 1 amide bonds. The Kier molecular flexibility index (Phi) is 3.83. The SMILES string of the molecule is O=C(CC1CCCOC1)N1CCc2ccccc2C1. The molecule has 0 bridgehead atoms. The van der Waals surface area contributed by atoms with E-state index >= 15 is 0 Å². The van der Waals surface area contributed by atoms with Gasteiger partial charge in [-0.1, -0.05) is 24.3 Å². The fraction of sp³-hybridized carbons (Fsp3) is 0.562. The number of fused-ring (bicyclic) bond motifs is 1. The van der Waals surface area contributed by atoms with E-state index in [2.05, 4.69) is 24.3 Å². The van der Waals surface area contributed by atoms with Crippen molar-refractivity contribution in [3.05, 3.63) is 35.4 Å². The molecule has 0 aromatic heterocycles. The first-order valence-electron chi connectivity index (χ1n) is 7.25. The quantitative estimate of drug-likeness (QED) is 0.816. The molecule has 0 aliphatic carbocycles. The number of benzene rings is 1. The Morgan fingerprint density at radius 3 is 2.95 bits per heavy atom. The predicted molar refractivity (Wildman–Crippen MR) is 73.7 cm³/mol. The summed E-state index contributed by atoms with van der Waals surface area (Å²) in [6.07, 6.45) is 3.88. The molecule has 0 spiro atoms. The zero-order chi connectivity index (χ0) is 13.1. The van der Waals surface area contributed by atoms with Crippen LogP contribution in [0.25, 0.3) is 0 Å². The summed E-state index contributed by atoms with van der Waals surface area (Å²) in [6.45, 7) is 3.27. The third-order valence-electron chi connectivity index (χ3n) is 4.20. The molecule has 1 saturated heterocycles. The highest BCUT2D eigenvalue weighted by atomic mass is 16.5. The molecule has 0 saturated carbocycles. The molecular formula is C16H21NO2. The lowest BCUT2D eigenvalue weighted by atomic mass is 9.96. The van der Waals surface area contributed by atoms with Gasteiger partial charge in [0, 0.05) is 32.7 Å². The summed E-state index contributed by atoms with van der Waals surface area (Å²) < 4.78 is 5.46. The molecule has 3 heteroatoms. The maximum absolute atomic E-state index is 12.3. The van der Waals surface area contributed by atoms with E-state index in [4.69, 9.17) is 4.74 Å². The molecular weight excluding hydrogens is 238 g/mol. The summed E-state index contributed by atoms with van der Waals surface area (Å²) in [6, 6.07) is 8.45. The van der Waals surface area contributed by atoms with Gasteiger partial charge in [-0.15, -0.1) is 0 Å². The van der Waals surface area contributed by atoms with Gasteiger partial charge in [-0.25, -0.2) is 0 Å². The lowest BCUT2D eigenvalue weighted by molar-refractivity contribution is -0.134. The van der Waals surface area contributed by atoms with Crippen molar-refractivity contribution >= 4 is 5.91 Å². The van der Waals surface area contributed by atoms with E-state index in [9.17, 15) is 4.79 Å². The molecule has 1 aromatic carbocycles. The van der Waals surface area contributed by atoms with Crippen LogP contribution in [0, 0.1) is 5.92 Å². The topological polar surface area (TPSA) is 29.5 Å². The van der Waals surface area contributed by atoms with Gasteiger partial charge in [0.15, 0.2) is 0 Å². The lowest BCUT2D eigenvalue weighted by Gasteiger charge is -2.31. The summed E-state index contributed by atoms with van der Waals surface area (Å²) in [5.74, 6) is 0.725. The van der Waals surface area contributed by atoms with Crippen molar-refractivity contribution in [1.82, 2.24) is 4.90 Å². The number of amides is 1. The van der Waals surface area contributed by atoms with Crippen LogP contribution in [0.1, 0.15) is 30.4 Å². The van der Waals surface area contributed by atoms with E-state index in [0.717, 1.165) is 45.6 Å². The Morgan fingerprint density at radius 2 is 2.16 bits per heavy atom. The highest BCUT2D eigenvalue weighted by Crippen LogP contribution is 2.22. The fourth-order valence-electron chi connectivity index (χ4n) is 3.05. The molecule has 0 radical (unpaired) electrons. The van der Waals surface area contributed by atoms with Crippen LogP contribution < -0.4 is 0 Å². The first kappa shape index (κ1) is 12.7. The molecule has 19 heavy (non-hydrogen) atoms. The zero-order valence-corrected chi connectivity index (χ0v) is 11.3. The predicted octanol–water partition coefficient (Wildman–Crippen LogP) is 2.39. The fourth-order valence-corrected chi connectivity index (χ4v) is 3.05. The molecule has 1 atom stereocenters. The van der Waals surface area contributed by atoms with Gasteiger partial charge in [0.25, 0.3) is 0 Å². The molecule has 2 heterocycles. The van der Waals surface area contributed by atoms with Gasteiger partial charge < -0.3 is 9.64 Å². The van der Waals surface area contributed by atoms with Crippen LogP contribution >= 0.6 is 0 Å². The van der Waals surface area contributed by atoms with Crippen LogP contribution in [0.15, 0.2) is 24.3 Å². The highest BCUT2D eigenvalue weighted by Gasteiger charge is 2.24. The second-order valence-corrected chi connectivity index (χ2v) is 5.62. The van der Waals surface area contributed by atoms with Crippen LogP contribution in [0.2, 0.25) is 0 Å². The molecule has 0 N–H and O–H groups in total. The van der Waals surface area contributed by atoms with Crippen LogP contribution in [-0.4, -0.2) is 30.6 Å². The van der Waals surface area contributed by atoms with Gasteiger partial charge in [0.05, 0.1) is 0 Å². The number of ether oxygens (including phenoxy) is 1. The molecule has 1 fully saturated rings. The van der Waals surface area contributed by atoms with Crippen molar-refractivity contribution in [3.63, 3.8) is 0 Å². The van der Waals surface area contributed by atoms with E-state index in [0.29, 0.717) is 18.2 Å². The minimum atomic E-state index is 0.296. The minimum Gasteiger partial charge on any atom is -0.381 e. The van der Waals surface area contributed by atoms with Gasteiger partial charge in [0.1, 0.15) is 0 Å². The van der Waals surface area contributed by atoms with Crippen molar-refractivity contribution in [3.8, 4) is 0 Å². The van der Waals surface area contributed by atoms with Crippen LogP contribution in [0.5, 0.6) is 0 Å². The van der Waals surface area contributed by atoms with Gasteiger partial charge in [0.2, 0.25) is 5.91 Å². The summed E-state index contributed by atoms with van der Waals surface area (Å²) in [5, 5.41) is 0. The molecule has 3 rings (SSSR count). The molecule has 3 nitrogen and oxygen atoms in total. The van der Waals surface area contributed by atoms with E-state index < -0.39 is 0 Å². The van der Waals surface area contributed by atoms with Crippen LogP contribution in [-0.2, 0) is 22.5 Å².